The summed E-state index contributed by atoms with van der Waals surface area (Å²) in [6, 6.07) is 3.45. The number of thiazole rings is 1. The van der Waals surface area contributed by atoms with Crippen LogP contribution < -0.4 is 4.80 Å². The van der Waals surface area contributed by atoms with E-state index in [1.165, 1.54) is 17.4 Å². The number of ether oxygens (including phenoxy) is 1. The van der Waals surface area contributed by atoms with Crippen LogP contribution in [0.4, 0.5) is 13.2 Å². The van der Waals surface area contributed by atoms with E-state index in [1.54, 1.807) is 0 Å². The molecule has 1 atom stereocenters. The highest BCUT2D eigenvalue weighted by Gasteiger charge is 2.32. The lowest BCUT2D eigenvalue weighted by Crippen LogP contribution is -2.24. The fourth-order valence-electron chi connectivity index (χ4n) is 4.37. The molecule has 3 heterocycles. The maximum absolute atomic E-state index is 13.5. The molecular weight excluding hydrogens is 463 g/mol. The number of benzene rings is 1. The third kappa shape index (κ3) is 5.98. The van der Waals surface area contributed by atoms with E-state index in [0.717, 1.165) is 62.4 Å². The predicted molar refractivity (Wildman–Crippen MR) is 126 cm³/mol. The van der Waals surface area contributed by atoms with Gasteiger partial charge in [-0.3, -0.25) is 9.69 Å². The first-order valence-electron chi connectivity index (χ1n) is 11.8. The summed E-state index contributed by atoms with van der Waals surface area (Å²) in [5.74, 6) is -0.635. The number of nitrogens with zero attached hydrogens (tertiary/aromatic N) is 3. The first kappa shape index (κ1) is 25.1. The topological polar surface area (TPSA) is 46.8 Å². The van der Waals surface area contributed by atoms with Crippen LogP contribution >= 0.6 is 11.3 Å². The number of amides is 1. The van der Waals surface area contributed by atoms with Gasteiger partial charge in [-0.15, -0.1) is 11.3 Å². The monoisotopic (exact) mass is 495 g/mol. The van der Waals surface area contributed by atoms with Gasteiger partial charge in [0.2, 0.25) is 0 Å². The van der Waals surface area contributed by atoms with E-state index in [9.17, 15) is 18.0 Å². The number of hydrogen-bond acceptors (Lipinski definition) is 4. The Kier molecular flexibility index (Phi) is 7.36. The van der Waals surface area contributed by atoms with E-state index in [0.29, 0.717) is 23.5 Å². The summed E-state index contributed by atoms with van der Waals surface area (Å²) >= 11 is 1.41. The molecule has 9 heteroatoms. The zero-order chi connectivity index (χ0) is 24.5. The Balaban J connectivity index is 1.73. The van der Waals surface area contributed by atoms with Crippen LogP contribution in [0.5, 0.6) is 0 Å². The van der Waals surface area contributed by atoms with Gasteiger partial charge in [-0.25, -0.2) is 0 Å². The number of likely N-dealkylation sites (tertiary alicyclic amines) is 1. The van der Waals surface area contributed by atoms with Gasteiger partial charge in [0.05, 0.1) is 18.2 Å². The number of hydrogen-bond donors (Lipinski definition) is 0. The minimum absolute atomic E-state index is 0.0242. The van der Waals surface area contributed by atoms with Crippen LogP contribution in [-0.4, -0.2) is 41.2 Å². The molecule has 2 saturated heterocycles. The molecule has 2 aromatic rings. The molecular formula is C25H32F3N3O2S. The lowest BCUT2D eigenvalue weighted by atomic mass is 9.95. The first-order chi connectivity index (χ1) is 16.0. The van der Waals surface area contributed by atoms with Crippen molar-refractivity contribution in [3.05, 3.63) is 50.8 Å². The Bertz CT molecular complexity index is 1090. The Labute approximate surface area is 202 Å². The smallest absolute Gasteiger partial charge is 0.376 e. The number of halogens is 3. The van der Waals surface area contributed by atoms with Gasteiger partial charge in [0.1, 0.15) is 0 Å². The molecule has 0 spiro atoms. The van der Waals surface area contributed by atoms with Crippen LogP contribution in [0.2, 0.25) is 0 Å². The van der Waals surface area contributed by atoms with Crippen molar-refractivity contribution in [2.75, 3.05) is 19.7 Å². The van der Waals surface area contributed by atoms with Gasteiger partial charge in [0.25, 0.3) is 5.91 Å². The third-order valence-electron chi connectivity index (χ3n) is 6.34. The van der Waals surface area contributed by atoms with Crippen molar-refractivity contribution in [2.45, 2.75) is 77.2 Å². The Morgan fingerprint density at radius 3 is 2.53 bits per heavy atom. The largest absolute Gasteiger partial charge is 0.416 e. The summed E-state index contributed by atoms with van der Waals surface area (Å²) in [7, 11) is 0. The molecule has 4 rings (SSSR count). The van der Waals surface area contributed by atoms with Crippen molar-refractivity contribution >= 4 is 17.2 Å². The van der Waals surface area contributed by atoms with E-state index in [1.807, 2.05) is 10.8 Å². The summed E-state index contributed by atoms with van der Waals surface area (Å²) in [6.07, 6.45) is 1.57. The molecule has 0 bridgehead atoms. The summed E-state index contributed by atoms with van der Waals surface area (Å²) < 4.78 is 48.1. The lowest BCUT2D eigenvalue weighted by Gasteiger charge is -2.17. The molecule has 0 saturated carbocycles. The second-order valence-corrected chi connectivity index (χ2v) is 11.2. The molecule has 5 nitrogen and oxygen atoms in total. The van der Waals surface area contributed by atoms with Gasteiger partial charge >= 0.3 is 6.18 Å². The minimum Gasteiger partial charge on any atom is -0.376 e. The first-order valence-corrected chi connectivity index (χ1v) is 12.7. The zero-order valence-corrected chi connectivity index (χ0v) is 20.8. The number of alkyl halides is 3. The molecule has 2 aliphatic heterocycles. The van der Waals surface area contributed by atoms with Crippen LogP contribution in [0, 0.1) is 0 Å². The molecule has 1 amide bonds. The third-order valence-corrected chi connectivity index (χ3v) is 7.79. The van der Waals surface area contributed by atoms with Crippen LogP contribution in [-0.2, 0) is 29.4 Å². The minimum atomic E-state index is -4.52. The van der Waals surface area contributed by atoms with Crippen molar-refractivity contribution in [2.24, 2.45) is 4.99 Å². The highest BCUT2D eigenvalue weighted by molar-refractivity contribution is 7.09. The standard InChI is InChI=1S/C25H32F3N3O2S/c1-24(2,3)21-16-31(15-19-7-6-12-33-19)23(34-21)29-22(32)20-13-18(25(26,27)28)9-8-17(20)14-30-10-4-5-11-30/h8-9,13,16,19H,4-7,10-12,14-15H2,1-3H3/t19-/m1/s1. The average Bonchev–Trinajstić information content (AvgIpc) is 3.51. The molecule has 0 N–H and O–H groups in total. The highest BCUT2D eigenvalue weighted by atomic mass is 32.1. The van der Waals surface area contributed by atoms with E-state index >= 15 is 0 Å². The van der Waals surface area contributed by atoms with Gasteiger partial charge in [0, 0.05) is 29.8 Å². The lowest BCUT2D eigenvalue weighted by molar-refractivity contribution is -0.137. The quantitative estimate of drug-likeness (QED) is 0.560. The van der Waals surface area contributed by atoms with Crippen LogP contribution in [0.3, 0.4) is 0 Å². The van der Waals surface area contributed by atoms with E-state index in [2.05, 4.69) is 30.7 Å². The van der Waals surface area contributed by atoms with E-state index in [-0.39, 0.29) is 17.1 Å². The van der Waals surface area contributed by atoms with Gasteiger partial charge in [-0.1, -0.05) is 26.8 Å². The average molecular weight is 496 g/mol. The van der Waals surface area contributed by atoms with Crippen molar-refractivity contribution in [3.63, 3.8) is 0 Å². The zero-order valence-electron chi connectivity index (χ0n) is 20.0. The van der Waals surface area contributed by atoms with Crippen molar-refractivity contribution in [3.8, 4) is 0 Å². The van der Waals surface area contributed by atoms with Gasteiger partial charge < -0.3 is 9.30 Å². The maximum Gasteiger partial charge on any atom is 0.416 e. The molecule has 1 aromatic carbocycles. The molecule has 2 fully saturated rings. The van der Waals surface area contributed by atoms with Crippen molar-refractivity contribution in [1.82, 2.24) is 9.47 Å². The second-order valence-electron chi connectivity index (χ2n) is 10.2. The van der Waals surface area contributed by atoms with Crippen LogP contribution in [0.1, 0.15) is 72.8 Å². The Morgan fingerprint density at radius 2 is 1.91 bits per heavy atom. The van der Waals surface area contributed by atoms with Crippen LogP contribution in [0.25, 0.3) is 0 Å². The fourth-order valence-corrected chi connectivity index (χ4v) is 5.43. The Hall–Kier alpha value is -1.97. The van der Waals surface area contributed by atoms with Gasteiger partial charge in [-0.2, -0.15) is 18.2 Å². The number of carbonyl (C=O) groups is 1. The summed E-state index contributed by atoms with van der Waals surface area (Å²) in [4.78, 5) is 21.4. The van der Waals surface area contributed by atoms with Crippen molar-refractivity contribution in [1.29, 1.82) is 0 Å². The van der Waals surface area contributed by atoms with E-state index < -0.39 is 17.6 Å². The normalized spacial score (nSPS) is 20.4. The molecule has 0 unspecified atom stereocenters. The number of aromatic nitrogens is 1. The van der Waals surface area contributed by atoms with Gasteiger partial charge in [-0.05, 0) is 61.9 Å². The molecule has 186 valence electrons. The van der Waals surface area contributed by atoms with Gasteiger partial charge in [0.15, 0.2) is 4.80 Å². The fraction of sp³-hybridized carbons (Fsp3) is 0.600. The predicted octanol–water partition coefficient (Wildman–Crippen LogP) is 5.38. The van der Waals surface area contributed by atoms with Crippen LogP contribution in [0.15, 0.2) is 29.4 Å². The molecule has 34 heavy (non-hydrogen) atoms. The molecule has 1 aromatic heterocycles. The number of rotatable bonds is 5. The molecule has 0 radical (unpaired) electrons. The SMILES string of the molecule is CC(C)(C)c1cn(C[C@H]2CCCO2)c(=NC(=O)c2cc(C(F)(F)F)ccc2CN2CCCC2)s1. The maximum atomic E-state index is 13.5. The summed E-state index contributed by atoms with van der Waals surface area (Å²) in [6.45, 7) is 9.76. The molecule has 0 aliphatic carbocycles. The second kappa shape index (κ2) is 9.95. The van der Waals surface area contributed by atoms with E-state index in [4.69, 9.17) is 4.74 Å². The summed E-state index contributed by atoms with van der Waals surface area (Å²) in [5.41, 5.74) is -0.361. The molecule has 2 aliphatic rings. The Morgan fingerprint density at radius 1 is 1.18 bits per heavy atom. The van der Waals surface area contributed by atoms with Crippen molar-refractivity contribution < 1.29 is 22.7 Å². The number of carbonyl (C=O) groups excluding carboxylic acids is 1. The highest BCUT2D eigenvalue weighted by Crippen LogP contribution is 2.31. The summed E-state index contributed by atoms with van der Waals surface area (Å²) in [5, 5.41) is 0.